The monoisotopic (exact) mass is 324 g/mol. The van der Waals surface area contributed by atoms with Crippen molar-refractivity contribution in [1.82, 2.24) is 0 Å². The fourth-order valence-electron chi connectivity index (χ4n) is 2.44. The molecule has 0 atom stereocenters. The number of phenols is 1. The van der Waals surface area contributed by atoms with E-state index in [4.69, 9.17) is 19.6 Å². The summed E-state index contributed by atoms with van der Waals surface area (Å²) in [6.45, 7) is 0.158. The van der Waals surface area contributed by atoms with Crippen LogP contribution in [0.4, 0.5) is 5.69 Å². The van der Waals surface area contributed by atoms with Crippen molar-refractivity contribution in [3.63, 3.8) is 0 Å². The number of fused-ring (bicyclic) bond motifs is 2. The second-order valence-electron chi connectivity index (χ2n) is 5.20. The molecule has 7 heteroatoms. The van der Waals surface area contributed by atoms with Crippen molar-refractivity contribution in [2.24, 2.45) is 10.7 Å². The van der Waals surface area contributed by atoms with Crippen molar-refractivity contribution in [3.05, 3.63) is 53.6 Å². The molecule has 0 spiro atoms. The molecule has 3 N–H and O–H groups in total. The van der Waals surface area contributed by atoms with E-state index in [0.717, 1.165) is 0 Å². The number of carbonyl (C=O) groups is 1. The molecule has 24 heavy (non-hydrogen) atoms. The van der Waals surface area contributed by atoms with E-state index in [0.29, 0.717) is 28.2 Å². The highest BCUT2D eigenvalue weighted by atomic mass is 16.7. The molecule has 1 aliphatic rings. The predicted molar refractivity (Wildman–Crippen MR) is 84.2 cm³/mol. The summed E-state index contributed by atoms with van der Waals surface area (Å²) in [5, 5.41) is 10.2. The lowest BCUT2D eigenvalue weighted by Gasteiger charge is -2.03. The Morgan fingerprint density at radius 1 is 1.08 bits per heavy atom. The number of primary amides is 1. The van der Waals surface area contributed by atoms with E-state index >= 15 is 0 Å². The van der Waals surface area contributed by atoms with Gasteiger partial charge >= 0.3 is 0 Å². The van der Waals surface area contributed by atoms with E-state index in [9.17, 15) is 9.90 Å². The van der Waals surface area contributed by atoms with Crippen molar-refractivity contribution in [3.8, 4) is 17.2 Å². The topological polar surface area (TPSA) is 107 Å². The van der Waals surface area contributed by atoms with Crippen LogP contribution in [0.15, 0.2) is 51.9 Å². The number of hydrogen-bond donors (Lipinski definition) is 2. The molecule has 0 saturated heterocycles. The maximum absolute atomic E-state index is 11.7. The second-order valence-corrected chi connectivity index (χ2v) is 5.20. The number of carbonyl (C=O) groups excluding carboxylic acids is 1. The van der Waals surface area contributed by atoms with Gasteiger partial charge in [-0.15, -0.1) is 0 Å². The van der Waals surface area contributed by atoms with Gasteiger partial charge in [-0.1, -0.05) is 0 Å². The summed E-state index contributed by atoms with van der Waals surface area (Å²) in [7, 11) is 0. The third-order valence-electron chi connectivity index (χ3n) is 3.59. The number of amides is 1. The average Bonchev–Trinajstić information content (AvgIpc) is 3.01. The summed E-state index contributed by atoms with van der Waals surface area (Å²) in [6, 6.07) is 11.3. The van der Waals surface area contributed by atoms with Crippen LogP contribution in [0, 0.1) is 0 Å². The standard InChI is InChI=1S/C17H12N2O5/c18-16(21)12-5-9-1-3-11(20)7-14(9)24-17(12)19-10-2-4-13-15(6-10)23-8-22-13/h1-7,20H,8H2,(H2,18,21). The van der Waals surface area contributed by atoms with Gasteiger partial charge in [0, 0.05) is 17.5 Å². The van der Waals surface area contributed by atoms with E-state index in [-0.39, 0.29) is 23.7 Å². The van der Waals surface area contributed by atoms with Crippen LogP contribution in [0.1, 0.15) is 10.4 Å². The minimum Gasteiger partial charge on any atom is -0.508 e. The highest BCUT2D eigenvalue weighted by molar-refractivity contribution is 5.95. The molecule has 1 amide bonds. The molecule has 0 radical (unpaired) electrons. The van der Waals surface area contributed by atoms with E-state index in [1.165, 1.54) is 12.1 Å². The Hall–Kier alpha value is -3.48. The molecule has 120 valence electrons. The predicted octanol–water partition coefficient (Wildman–Crippen LogP) is 2.20. The third kappa shape index (κ3) is 2.41. The molecule has 0 aliphatic carbocycles. The number of benzene rings is 2. The van der Waals surface area contributed by atoms with Crippen LogP contribution >= 0.6 is 0 Å². The zero-order chi connectivity index (χ0) is 16.7. The first-order chi connectivity index (χ1) is 11.6. The number of hydrogen-bond acceptors (Lipinski definition) is 6. The van der Waals surface area contributed by atoms with Crippen LogP contribution in [-0.2, 0) is 0 Å². The molecule has 0 fully saturated rings. The number of rotatable bonds is 2. The van der Waals surface area contributed by atoms with Crippen LogP contribution < -0.4 is 20.8 Å². The van der Waals surface area contributed by atoms with Gasteiger partial charge in [0.1, 0.15) is 16.9 Å². The lowest BCUT2D eigenvalue weighted by atomic mass is 10.1. The third-order valence-corrected chi connectivity index (χ3v) is 3.59. The van der Waals surface area contributed by atoms with E-state index < -0.39 is 5.91 Å². The lowest BCUT2D eigenvalue weighted by Crippen LogP contribution is -2.21. The largest absolute Gasteiger partial charge is 0.508 e. The number of ether oxygens (including phenoxy) is 2. The summed E-state index contributed by atoms with van der Waals surface area (Å²) < 4.78 is 16.2. The zero-order valence-electron chi connectivity index (χ0n) is 12.4. The first-order valence-corrected chi connectivity index (χ1v) is 7.11. The minimum atomic E-state index is -0.659. The van der Waals surface area contributed by atoms with Crippen LogP contribution in [0.3, 0.4) is 0 Å². The Kier molecular flexibility index (Phi) is 3.13. The molecular formula is C17H12N2O5. The van der Waals surface area contributed by atoms with Crippen LogP contribution in [-0.4, -0.2) is 17.8 Å². The van der Waals surface area contributed by atoms with Gasteiger partial charge in [-0.25, -0.2) is 4.99 Å². The van der Waals surface area contributed by atoms with Crippen LogP contribution in [0.25, 0.3) is 11.0 Å². The Morgan fingerprint density at radius 2 is 1.92 bits per heavy atom. The molecule has 3 aromatic rings. The Labute approximate surface area is 135 Å². The van der Waals surface area contributed by atoms with Crippen molar-refractivity contribution in [2.75, 3.05) is 6.79 Å². The van der Waals surface area contributed by atoms with Crippen molar-refractivity contribution >= 4 is 22.6 Å². The zero-order valence-corrected chi connectivity index (χ0v) is 12.4. The second kappa shape index (κ2) is 5.31. The summed E-state index contributed by atoms with van der Waals surface area (Å²) in [4.78, 5) is 16.1. The molecule has 0 saturated carbocycles. The molecule has 2 heterocycles. The molecule has 0 bridgehead atoms. The summed E-state index contributed by atoms with van der Waals surface area (Å²) >= 11 is 0. The fraction of sp³-hybridized carbons (Fsp3) is 0.0588. The Morgan fingerprint density at radius 3 is 2.75 bits per heavy atom. The quantitative estimate of drug-likeness (QED) is 0.751. The number of aromatic hydroxyl groups is 1. The van der Waals surface area contributed by atoms with Crippen LogP contribution in [0.2, 0.25) is 0 Å². The maximum Gasteiger partial charge on any atom is 0.254 e. The van der Waals surface area contributed by atoms with Gasteiger partial charge in [0.25, 0.3) is 5.91 Å². The van der Waals surface area contributed by atoms with Crippen molar-refractivity contribution in [1.29, 1.82) is 0 Å². The smallest absolute Gasteiger partial charge is 0.254 e. The first-order valence-electron chi connectivity index (χ1n) is 7.11. The van der Waals surface area contributed by atoms with Gasteiger partial charge < -0.3 is 24.7 Å². The van der Waals surface area contributed by atoms with Gasteiger partial charge in [0.15, 0.2) is 11.5 Å². The maximum atomic E-state index is 11.7. The molecule has 1 aromatic heterocycles. The minimum absolute atomic E-state index is 0.0482. The fourth-order valence-corrected chi connectivity index (χ4v) is 2.44. The summed E-state index contributed by atoms with van der Waals surface area (Å²) in [5.74, 6) is 0.583. The van der Waals surface area contributed by atoms with Gasteiger partial charge in [0.2, 0.25) is 12.3 Å². The number of nitrogens with two attached hydrogens (primary N) is 1. The lowest BCUT2D eigenvalue weighted by molar-refractivity contribution is 0.0996. The van der Waals surface area contributed by atoms with Gasteiger partial charge in [0.05, 0.1) is 5.69 Å². The molecule has 4 rings (SSSR count). The normalized spacial score (nSPS) is 13.4. The van der Waals surface area contributed by atoms with E-state index in [1.807, 2.05) is 0 Å². The molecule has 0 unspecified atom stereocenters. The number of nitrogens with zero attached hydrogens (tertiary/aromatic N) is 1. The highest BCUT2D eigenvalue weighted by Crippen LogP contribution is 2.35. The molecule has 7 nitrogen and oxygen atoms in total. The van der Waals surface area contributed by atoms with Gasteiger partial charge in [-0.2, -0.15) is 0 Å². The molecular weight excluding hydrogens is 312 g/mol. The number of phenolic OH excluding ortho intramolecular Hbond substituents is 1. The SMILES string of the molecule is NC(=O)c1cc2ccc(O)cc2oc1=Nc1ccc2c(c1)OCO2. The average molecular weight is 324 g/mol. The first kappa shape index (κ1) is 14.1. The van der Waals surface area contributed by atoms with Crippen LogP contribution in [0.5, 0.6) is 17.2 Å². The molecule has 1 aliphatic heterocycles. The Balaban J connectivity index is 1.93. The highest BCUT2D eigenvalue weighted by Gasteiger charge is 2.14. The molecule has 2 aromatic carbocycles. The van der Waals surface area contributed by atoms with E-state index in [1.54, 1.807) is 30.3 Å². The Bertz CT molecular complexity index is 1040. The summed E-state index contributed by atoms with van der Waals surface area (Å²) in [6.07, 6.45) is 0. The summed E-state index contributed by atoms with van der Waals surface area (Å²) in [5.41, 5.74) is 6.53. The van der Waals surface area contributed by atoms with Crippen molar-refractivity contribution < 1.29 is 23.8 Å². The van der Waals surface area contributed by atoms with Crippen molar-refractivity contribution in [2.45, 2.75) is 0 Å². The van der Waals surface area contributed by atoms with Gasteiger partial charge in [-0.05, 0) is 30.3 Å². The van der Waals surface area contributed by atoms with E-state index in [2.05, 4.69) is 4.99 Å². The van der Waals surface area contributed by atoms with Gasteiger partial charge in [-0.3, -0.25) is 4.79 Å².